The summed E-state index contributed by atoms with van der Waals surface area (Å²) in [6, 6.07) is 0. The fraction of sp³-hybridized carbons (Fsp3) is 0.962. The number of hydrogen-bond donors (Lipinski definition) is 1. The number of nitrogens with zero attached hydrogens (tertiary/aromatic N) is 1. The van der Waals surface area contributed by atoms with Crippen molar-refractivity contribution in [2.24, 2.45) is 0 Å². The van der Waals surface area contributed by atoms with E-state index in [1.165, 1.54) is 366 Å². The van der Waals surface area contributed by atoms with E-state index < -0.39 is 18.4 Å². The molecule has 88 heavy (non-hydrogen) atoms. The second kappa shape index (κ2) is 71.1. The van der Waals surface area contributed by atoms with Crippen molar-refractivity contribution in [3.63, 3.8) is 0 Å². The predicted octanol–water partition coefficient (Wildman–Crippen LogP) is 25.0. The highest BCUT2D eigenvalue weighted by molar-refractivity contribution is 5.71. The molecule has 0 saturated heterocycles. The van der Waals surface area contributed by atoms with Gasteiger partial charge in [0.05, 0.1) is 34.4 Å². The van der Waals surface area contributed by atoms with Crippen LogP contribution in [-0.2, 0) is 33.3 Å². The molecule has 0 aliphatic carbocycles. The molecule has 0 aliphatic rings. The Hall–Kier alpha value is -1.71. The van der Waals surface area contributed by atoms with Gasteiger partial charge in [-0.3, -0.25) is 9.59 Å². The molecule has 0 heterocycles. The zero-order chi connectivity index (χ0) is 64.0. The summed E-state index contributed by atoms with van der Waals surface area (Å²) in [5.41, 5.74) is 0. The molecule has 0 saturated carbocycles. The van der Waals surface area contributed by atoms with Crippen molar-refractivity contribution < 1.29 is 42.9 Å². The highest BCUT2D eigenvalue weighted by atomic mass is 16.7. The minimum Gasteiger partial charge on any atom is -0.477 e. The summed E-state index contributed by atoms with van der Waals surface area (Å²) in [7, 11) is 6.00. The van der Waals surface area contributed by atoms with Gasteiger partial charge in [-0.05, 0) is 12.8 Å². The maximum absolute atomic E-state index is 13.0. The highest BCUT2D eigenvalue weighted by Crippen LogP contribution is 2.21. The lowest BCUT2D eigenvalue weighted by molar-refractivity contribution is -0.870. The average Bonchev–Trinajstić information content (AvgIpc) is 3.56. The van der Waals surface area contributed by atoms with Crippen LogP contribution >= 0.6 is 0 Å². The van der Waals surface area contributed by atoms with Crippen LogP contribution in [0.1, 0.15) is 431 Å². The van der Waals surface area contributed by atoms with Gasteiger partial charge < -0.3 is 28.5 Å². The Balaban J connectivity index is 3.92. The van der Waals surface area contributed by atoms with Gasteiger partial charge in [0.25, 0.3) is 6.29 Å². The number of aliphatic carboxylic acids is 1. The van der Waals surface area contributed by atoms with Crippen LogP contribution in [0.2, 0.25) is 0 Å². The first kappa shape index (κ1) is 86.3. The van der Waals surface area contributed by atoms with E-state index >= 15 is 0 Å². The molecule has 0 bridgehead atoms. The summed E-state index contributed by atoms with van der Waals surface area (Å²) in [6.07, 6.45) is 84.1. The fourth-order valence-electron chi connectivity index (χ4n) is 12.6. The number of esters is 2. The summed E-state index contributed by atoms with van der Waals surface area (Å²) < 4.78 is 23.1. The lowest BCUT2D eigenvalue weighted by Crippen LogP contribution is -2.40. The molecule has 524 valence electrons. The van der Waals surface area contributed by atoms with Crippen molar-refractivity contribution in [2.45, 2.75) is 444 Å². The van der Waals surface area contributed by atoms with Gasteiger partial charge in [0.15, 0.2) is 6.10 Å². The predicted molar refractivity (Wildman–Crippen MR) is 379 cm³/mol. The Labute approximate surface area is 549 Å². The van der Waals surface area contributed by atoms with Crippen molar-refractivity contribution in [1.29, 1.82) is 0 Å². The number of carboxylic acid groups (broad SMARTS) is 1. The SMILES string of the molecule is CCCCCCCCCCCCCCCCCCCCCCCCCCCCCCCCCCCCCCCCC(=O)OC(COC(=O)CCCCCCCCCCCCCCCCCCCCCCCCCCC)COC(OCC[N+](C)(C)C)C(=O)O. The van der Waals surface area contributed by atoms with Crippen LogP contribution in [0.3, 0.4) is 0 Å². The van der Waals surface area contributed by atoms with E-state index in [1.54, 1.807) is 0 Å². The quantitative estimate of drug-likeness (QED) is 0.0278. The number of unbranched alkanes of at least 4 members (excludes halogenated alkanes) is 61. The molecule has 1 N–H and O–H groups in total. The van der Waals surface area contributed by atoms with Gasteiger partial charge in [-0.1, -0.05) is 406 Å². The van der Waals surface area contributed by atoms with Gasteiger partial charge in [-0.15, -0.1) is 0 Å². The molecule has 0 amide bonds. The third kappa shape index (κ3) is 71.7. The fourth-order valence-corrected chi connectivity index (χ4v) is 12.6. The van der Waals surface area contributed by atoms with Crippen LogP contribution in [0, 0.1) is 0 Å². The Morgan fingerprint density at radius 1 is 0.295 bits per heavy atom. The topological polar surface area (TPSA) is 108 Å². The van der Waals surface area contributed by atoms with E-state index in [0.717, 1.165) is 38.5 Å². The lowest BCUT2D eigenvalue weighted by atomic mass is 10.0. The van der Waals surface area contributed by atoms with Gasteiger partial charge in [0.1, 0.15) is 13.2 Å². The summed E-state index contributed by atoms with van der Waals surface area (Å²) in [5.74, 6) is -1.96. The number of carbonyl (C=O) groups is 3. The Bertz CT molecular complexity index is 1400. The average molecular weight is 1250 g/mol. The van der Waals surface area contributed by atoms with Crippen LogP contribution in [0.15, 0.2) is 0 Å². The van der Waals surface area contributed by atoms with E-state index in [-0.39, 0.29) is 38.2 Å². The second-order valence-corrected chi connectivity index (χ2v) is 28.7. The minimum absolute atomic E-state index is 0.172. The maximum Gasteiger partial charge on any atom is 0.361 e. The third-order valence-corrected chi connectivity index (χ3v) is 18.6. The largest absolute Gasteiger partial charge is 0.477 e. The van der Waals surface area contributed by atoms with Crippen LogP contribution in [0.25, 0.3) is 0 Å². The van der Waals surface area contributed by atoms with Crippen LogP contribution in [-0.4, -0.2) is 87.4 Å². The number of carbonyl (C=O) groups excluding carboxylic acids is 2. The molecule has 0 aromatic rings. The second-order valence-electron chi connectivity index (χ2n) is 28.7. The van der Waals surface area contributed by atoms with Crippen LogP contribution < -0.4 is 0 Å². The number of quaternary nitrogens is 1. The first-order valence-electron chi connectivity index (χ1n) is 39.7. The van der Waals surface area contributed by atoms with Crippen molar-refractivity contribution in [2.75, 3.05) is 47.5 Å². The molecular weight excluding hydrogens is 1090 g/mol. The number of rotatable bonds is 76. The minimum atomic E-state index is -1.50. The lowest BCUT2D eigenvalue weighted by Gasteiger charge is -2.25. The van der Waals surface area contributed by atoms with E-state index in [2.05, 4.69) is 13.8 Å². The van der Waals surface area contributed by atoms with Crippen molar-refractivity contribution in [3.8, 4) is 0 Å². The van der Waals surface area contributed by atoms with Crippen molar-refractivity contribution in [3.05, 3.63) is 0 Å². The highest BCUT2D eigenvalue weighted by Gasteiger charge is 2.25. The number of carboxylic acids is 1. The van der Waals surface area contributed by atoms with Crippen molar-refractivity contribution >= 4 is 17.9 Å². The summed E-state index contributed by atoms with van der Waals surface area (Å²) in [5, 5.41) is 9.76. The molecular formula is C79H156NO8+. The number of hydrogen-bond acceptors (Lipinski definition) is 7. The first-order valence-corrected chi connectivity index (χ1v) is 39.7. The molecule has 9 heteroatoms. The maximum atomic E-state index is 13.0. The Kier molecular flexibility index (Phi) is 69.8. The molecule has 0 aromatic carbocycles. The zero-order valence-electron chi connectivity index (χ0n) is 60.2. The van der Waals surface area contributed by atoms with E-state index in [4.69, 9.17) is 18.9 Å². The van der Waals surface area contributed by atoms with E-state index in [1.807, 2.05) is 21.1 Å². The van der Waals surface area contributed by atoms with Crippen LogP contribution in [0.5, 0.6) is 0 Å². The van der Waals surface area contributed by atoms with Gasteiger partial charge in [-0.2, -0.15) is 0 Å². The standard InChI is InChI=1S/C79H155NO8/c1-6-8-10-12-14-16-18-20-22-24-26-28-30-32-33-34-35-36-37-38-39-40-41-42-43-44-46-48-50-52-54-56-58-60-62-64-66-68-70-77(82)88-75(74-87-79(78(83)84)85-72-71-80(3,4)5)73-86-76(81)69-67-65-63-61-59-57-55-53-51-49-47-45-31-29-27-25-23-21-19-17-15-13-11-9-7-2/h75,79H,6-74H2,1-5H3/p+1. The van der Waals surface area contributed by atoms with Crippen molar-refractivity contribution in [1.82, 2.24) is 0 Å². The molecule has 2 atom stereocenters. The summed E-state index contributed by atoms with van der Waals surface area (Å²) in [6.45, 7) is 4.98. The Morgan fingerprint density at radius 3 is 0.727 bits per heavy atom. The first-order chi connectivity index (χ1) is 43.1. The molecule has 0 rings (SSSR count). The molecule has 0 aromatic heterocycles. The summed E-state index contributed by atoms with van der Waals surface area (Å²) in [4.78, 5) is 37.7. The molecule has 0 fully saturated rings. The molecule has 2 unspecified atom stereocenters. The Morgan fingerprint density at radius 2 is 0.511 bits per heavy atom. The number of likely N-dealkylation sites (N-methyl/N-ethyl adjacent to an activating group) is 1. The van der Waals surface area contributed by atoms with Gasteiger partial charge >= 0.3 is 17.9 Å². The van der Waals surface area contributed by atoms with Gasteiger partial charge in [0.2, 0.25) is 0 Å². The number of ether oxygens (including phenoxy) is 4. The molecule has 0 spiro atoms. The molecule has 0 aliphatic heterocycles. The third-order valence-electron chi connectivity index (χ3n) is 18.6. The molecule has 9 nitrogen and oxygen atoms in total. The van der Waals surface area contributed by atoms with Crippen LogP contribution in [0.4, 0.5) is 0 Å². The van der Waals surface area contributed by atoms with Gasteiger partial charge in [-0.25, -0.2) is 4.79 Å². The van der Waals surface area contributed by atoms with E-state index in [9.17, 15) is 19.5 Å². The van der Waals surface area contributed by atoms with Gasteiger partial charge in [0, 0.05) is 12.8 Å². The monoisotopic (exact) mass is 1250 g/mol. The summed E-state index contributed by atoms with van der Waals surface area (Å²) >= 11 is 0. The normalized spacial score (nSPS) is 12.5. The zero-order valence-corrected chi connectivity index (χ0v) is 60.2. The smallest absolute Gasteiger partial charge is 0.361 e. The molecule has 0 radical (unpaired) electrons. The van der Waals surface area contributed by atoms with E-state index in [0.29, 0.717) is 17.4 Å².